The molecule has 1 heterocycles. The van der Waals surface area contributed by atoms with Gasteiger partial charge in [0.05, 0.1) is 11.9 Å². The van der Waals surface area contributed by atoms with E-state index in [1.165, 1.54) is 11.8 Å². The number of thioether (sulfide) groups is 1. The van der Waals surface area contributed by atoms with Crippen LogP contribution in [0.15, 0.2) is 79.1 Å². The molecule has 0 fully saturated rings. The van der Waals surface area contributed by atoms with Gasteiger partial charge in [0, 0.05) is 18.1 Å². The highest BCUT2D eigenvalue weighted by molar-refractivity contribution is 8.00. The molecular weight excluding hydrogens is 372 g/mol. The Labute approximate surface area is 168 Å². The van der Waals surface area contributed by atoms with E-state index in [1.807, 2.05) is 72.9 Å². The molecule has 1 unspecified atom stereocenters. The molecule has 0 aliphatic carbocycles. The van der Waals surface area contributed by atoms with Crippen LogP contribution in [0.5, 0.6) is 5.75 Å². The lowest BCUT2D eigenvalue weighted by atomic mass is 9.85. The van der Waals surface area contributed by atoms with E-state index >= 15 is 0 Å². The first-order valence-corrected chi connectivity index (χ1v) is 9.79. The zero-order valence-electron chi connectivity index (χ0n) is 15.5. The third-order valence-corrected chi connectivity index (χ3v) is 6.21. The van der Waals surface area contributed by atoms with Crippen LogP contribution in [-0.4, -0.2) is 35.0 Å². The molecule has 28 heavy (non-hydrogen) atoms. The Kier molecular flexibility index (Phi) is 6.34. The summed E-state index contributed by atoms with van der Waals surface area (Å²) in [6.07, 6.45) is 3.54. The second-order valence-corrected chi connectivity index (χ2v) is 7.51. The van der Waals surface area contributed by atoms with Crippen molar-refractivity contribution in [2.45, 2.75) is 10.8 Å². The fourth-order valence-corrected chi connectivity index (χ4v) is 4.57. The van der Waals surface area contributed by atoms with Crippen molar-refractivity contribution >= 4 is 17.7 Å². The molecule has 5 nitrogen and oxygen atoms in total. The van der Waals surface area contributed by atoms with E-state index in [-0.39, 0.29) is 5.75 Å². The standard InChI is InChI=1S/C22H22N2O3S/c1-27-19-11-9-17(10-12-19)22(16-6-3-2-4-7-16,18-8-5-13-24-14-18)28-15-20(23)21(25)26/h2-14,20H,15,23H2,1H3,(H,25,26)/t20-,22?/m1/s1. The van der Waals surface area contributed by atoms with E-state index in [2.05, 4.69) is 4.98 Å². The van der Waals surface area contributed by atoms with Crippen LogP contribution in [0.25, 0.3) is 0 Å². The van der Waals surface area contributed by atoms with Crippen LogP contribution in [0.3, 0.4) is 0 Å². The van der Waals surface area contributed by atoms with Gasteiger partial charge < -0.3 is 15.6 Å². The van der Waals surface area contributed by atoms with Crippen molar-refractivity contribution in [3.8, 4) is 5.75 Å². The number of carboxylic acid groups (broad SMARTS) is 1. The first kappa shape index (κ1) is 19.9. The maximum absolute atomic E-state index is 11.3. The summed E-state index contributed by atoms with van der Waals surface area (Å²) in [5.74, 6) is -0.0231. The van der Waals surface area contributed by atoms with Crippen molar-refractivity contribution in [3.05, 3.63) is 95.8 Å². The summed E-state index contributed by atoms with van der Waals surface area (Å²) < 4.78 is 4.65. The third kappa shape index (κ3) is 4.03. The predicted octanol–water partition coefficient (Wildman–Crippen LogP) is 3.53. The number of ether oxygens (including phenoxy) is 1. The zero-order valence-corrected chi connectivity index (χ0v) is 16.3. The molecule has 2 aromatic carbocycles. The van der Waals surface area contributed by atoms with Gasteiger partial charge in [0.15, 0.2) is 0 Å². The first-order chi connectivity index (χ1) is 13.6. The minimum Gasteiger partial charge on any atom is -0.497 e. The Bertz CT molecular complexity index is 863. The molecule has 6 heteroatoms. The lowest BCUT2D eigenvalue weighted by Crippen LogP contribution is -2.36. The lowest BCUT2D eigenvalue weighted by molar-refractivity contribution is -0.137. The van der Waals surface area contributed by atoms with E-state index < -0.39 is 16.8 Å². The highest BCUT2D eigenvalue weighted by atomic mass is 32.2. The Morgan fingerprint density at radius 1 is 1.07 bits per heavy atom. The average Bonchev–Trinajstić information content (AvgIpc) is 2.76. The summed E-state index contributed by atoms with van der Waals surface area (Å²) >= 11 is 1.49. The number of aromatic nitrogens is 1. The molecule has 0 aliphatic rings. The summed E-state index contributed by atoms with van der Waals surface area (Å²) in [4.78, 5) is 15.7. The number of methoxy groups -OCH3 is 1. The molecule has 1 aromatic heterocycles. The highest BCUT2D eigenvalue weighted by Crippen LogP contribution is 2.48. The fourth-order valence-electron chi connectivity index (χ4n) is 3.11. The van der Waals surface area contributed by atoms with Gasteiger partial charge in [-0.05, 0) is 34.9 Å². The summed E-state index contributed by atoms with van der Waals surface area (Å²) in [5.41, 5.74) is 8.82. The Hall–Kier alpha value is -2.83. The normalized spacial score (nSPS) is 14.1. The largest absolute Gasteiger partial charge is 0.497 e. The Morgan fingerprint density at radius 3 is 2.29 bits per heavy atom. The molecule has 0 spiro atoms. The van der Waals surface area contributed by atoms with Gasteiger partial charge >= 0.3 is 5.97 Å². The molecule has 0 bridgehead atoms. The Morgan fingerprint density at radius 2 is 1.71 bits per heavy atom. The van der Waals surface area contributed by atoms with Gasteiger partial charge in [0.25, 0.3) is 0 Å². The monoisotopic (exact) mass is 394 g/mol. The van der Waals surface area contributed by atoms with Crippen molar-refractivity contribution in [2.75, 3.05) is 12.9 Å². The van der Waals surface area contributed by atoms with Gasteiger partial charge in [-0.15, -0.1) is 11.8 Å². The van der Waals surface area contributed by atoms with Gasteiger partial charge in [-0.2, -0.15) is 0 Å². The smallest absolute Gasteiger partial charge is 0.321 e. The fraction of sp³-hybridized carbons (Fsp3) is 0.182. The number of nitrogens with zero attached hydrogens (tertiary/aromatic N) is 1. The van der Waals surface area contributed by atoms with Crippen LogP contribution in [0.2, 0.25) is 0 Å². The average molecular weight is 394 g/mol. The molecule has 3 rings (SSSR count). The SMILES string of the molecule is COc1ccc(C(SC[C@@H](N)C(=O)O)(c2ccccc2)c2cccnc2)cc1. The molecule has 3 N–H and O–H groups in total. The minimum absolute atomic E-state index is 0.241. The number of carbonyl (C=O) groups is 1. The second kappa shape index (κ2) is 8.91. The van der Waals surface area contributed by atoms with Crippen molar-refractivity contribution in [2.24, 2.45) is 5.73 Å². The van der Waals surface area contributed by atoms with E-state index in [4.69, 9.17) is 10.5 Å². The van der Waals surface area contributed by atoms with Crippen molar-refractivity contribution in [3.63, 3.8) is 0 Å². The molecular formula is C22H22N2O3S. The van der Waals surface area contributed by atoms with E-state index in [0.29, 0.717) is 0 Å². The zero-order chi connectivity index (χ0) is 20.0. The summed E-state index contributed by atoms with van der Waals surface area (Å²) in [5, 5.41) is 9.29. The van der Waals surface area contributed by atoms with Gasteiger partial charge in [0.2, 0.25) is 0 Å². The molecule has 0 aliphatic heterocycles. The topological polar surface area (TPSA) is 85.4 Å². The molecule has 0 radical (unpaired) electrons. The van der Waals surface area contributed by atoms with Gasteiger partial charge in [-0.3, -0.25) is 9.78 Å². The van der Waals surface area contributed by atoms with Crippen molar-refractivity contribution in [1.29, 1.82) is 0 Å². The molecule has 2 atom stereocenters. The molecule has 0 amide bonds. The van der Waals surface area contributed by atoms with Gasteiger partial charge in [0.1, 0.15) is 11.8 Å². The van der Waals surface area contributed by atoms with Crippen LogP contribution in [-0.2, 0) is 9.54 Å². The highest BCUT2D eigenvalue weighted by Gasteiger charge is 2.38. The summed E-state index contributed by atoms with van der Waals surface area (Å²) in [7, 11) is 1.63. The van der Waals surface area contributed by atoms with E-state index in [0.717, 1.165) is 22.4 Å². The molecule has 3 aromatic rings. The summed E-state index contributed by atoms with van der Waals surface area (Å²) in [6, 6.07) is 20.7. The number of hydrogen-bond donors (Lipinski definition) is 2. The number of hydrogen-bond acceptors (Lipinski definition) is 5. The second-order valence-electron chi connectivity index (χ2n) is 6.27. The number of nitrogens with two attached hydrogens (primary N) is 1. The number of aliphatic carboxylic acids is 1. The number of carboxylic acids is 1. The molecule has 0 saturated heterocycles. The van der Waals surface area contributed by atoms with Crippen LogP contribution in [0, 0.1) is 0 Å². The number of pyridine rings is 1. The third-order valence-electron chi connectivity index (χ3n) is 4.54. The quantitative estimate of drug-likeness (QED) is 0.608. The Balaban J connectivity index is 2.20. The van der Waals surface area contributed by atoms with Gasteiger partial charge in [-0.25, -0.2) is 0 Å². The van der Waals surface area contributed by atoms with Crippen LogP contribution >= 0.6 is 11.8 Å². The maximum Gasteiger partial charge on any atom is 0.321 e. The predicted molar refractivity (Wildman–Crippen MR) is 112 cm³/mol. The van der Waals surface area contributed by atoms with Crippen LogP contribution in [0.4, 0.5) is 0 Å². The van der Waals surface area contributed by atoms with Gasteiger partial charge in [-0.1, -0.05) is 48.5 Å². The van der Waals surface area contributed by atoms with E-state index in [9.17, 15) is 9.90 Å². The summed E-state index contributed by atoms with van der Waals surface area (Å²) in [6.45, 7) is 0. The number of benzene rings is 2. The first-order valence-electron chi connectivity index (χ1n) is 8.81. The van der Waals surface area contributed by atoms with Crippen LogP contribution in [0.1, 0.15) is 16.7 Å². The lowest BCUT2D eigenvalue weighted by Gasteiger charge is -2.35. The molecule has 144 valence electrons. The van der Waals surface area contributed by atoms with Crippen molar-refractivity contribution < 1.29 is 14.6 Å². The maximum atomic E-state index is 11.3. The minimum atomic E-state index is -1.02. The number of rotatable bonds is 8. The van der Waals surface area contributed by atoms with E-state index in [1.54, 1.807) is 13.3 Å². The van der Waals surface area contributed by atoms with Crippen molar-refractivity contribution in [1.82, 2.24) is 4.98 Å². The van der Waals surface area contributed by atoms with Crippen LogP contribution < -0.4 is 10.5 Å². The molecule has 0 saturated carbocycles.